The normalized spacial score (nSPS) is 12.9. The Kier molecular flexibility index (Phi) is 3.80. The maximum atomic E-state index is 5.51. The number of benzene rings is 2. The van der Waals surface area contributed by atoms with Crippen LogP contribution >= 0.6 is 0 Å². The summed E-state index contributed by atoms with van der Waals surface area (Å²) in [6.45, 7) is 2.29. The van der Waals surface area contributed by atoms with E-state index >= 15 is 0 Å². The molecule has 0 atom stereocenters. The van der Waals surface area contributed by atoms with Crippen LogP contribution in [0.1, 0.15) is 17.0 Å². The minimum atomic E-state index is 0.279. The molecule has 0 spiro atoms. The van der Waals surface area contributed by atoms with Crippen LogP contribution in [-0.4, -0.2) is 25.9 Å². The molecule has 3 aromatic rings. The fourth-order valence-electron chi connectivity index (χ4n) is 2.99. The Morgan fingerprint density at radius 2 is 1.68 bits per heavy atom. The first-order valence-corrected chi connectivity index (χ1v) is 8.26. The summed E-state index contributed by atoms with van der Waals surface area (Å²) in [4.78, 5) is 6.79. The van der Waals surface area contributed by atoms with E-state index in [1.54, 1.807) is 0 Å². The maximum absolute atomic E-state index is 5.51. The number of hydrogen-bond donors (Lipinski definition) is 0. The molecular weight excluding hydrogens is 312 g/mol. The Balaban J connectivity index is 1.73. The molecule has 126 valence electrons. The van der Waals surface area contributed by atoms with Crippen molar-refractivity contribution >= 4 is 28.6 Å². The minimum Gasteiger partial charge on any atom is -0.454 e. The van der Waals surface area contributed by atoms with E-state index in [-0.39, 0.29) is 6.79 Å². The zero-order chi connectivity index (χ0) is 17.4. The molecule has 0 radical (unpaired) electrons. The Bertz CT molecular complexity index is 960. The van der Waals surface area contributed by atoms with Gasteiger partial charge in [0.2, 0.25) is 6.79 Å². The van der Waals surface area contributed by atoms with Crippen LogP contribution < -0.4 is 14.4 Å². The summed E-state index contributed by atoms with van der Waals surface area (Å²) in [5, 5.41) is 2.18. The molecule has 0 unspecified atom stereocenters. The summed E-state index contributed by atoms with van der Waals surface area (Å²) in [6.07, 6.45) is 4.15. The number of hydrogen-bond acceptors (Lipinski definition) is 4. The highest BCUT2D eigenvalue weighted by molar-refractivity contribution is 5.94. The molecule has 0 amide bonds. The van der Waals surface area contributed by atoms with Crippen LogP contribution in [0.5, 0.6) is 11.5 Å². The van der Waals surface area contributed by atoms with E-state index in [9.17, 15) is 0 Å². The van der Waals surface area contributed by atoms with Crippen molar-refractivity contribution in [2.24, 2.45) is 0 Å². The number of nitrogens with zero attached hydrogens (tertiary/aromatic N) is 2. The smallest absolute Gasteiger partial charge is 0.231 e. The minimum absolute atomic E-state index is 0.279. The predicted octanol–water partition coefficient (Wildman–Crippen LogP) is 4.51. The molecule has 4 rings (SSSR count). The van der Waals surface area contributed by atoms with Crippen LogP contribution in [0.4, 0.5) is 5.69 Å². The van der Waals surface area contributed by atoms with Crippen LogP contribution in [-0.2, 0) is 0 Å². The van der Waals surface area contributed by atoms with Crippen LogP contribution in [0, 0.1) is 6.92 Å². The quantitative estimate of drug-likeness (QED) is 0.707. The first-order chi connectivity index (χ1) is 12.1. The number of anilines is 1. The number of ether oxygens (including phenoxy) is 2. The summed E-state index contributed by atoms with van der Waals surface area (Å²) < 4.78 is 11.0. The van der Waals surface area contributed by atoms with Crippen molar-refractivity contribution in [2.45, 2.75) is 6.92 Å². The van der Waals surface area contributed by atoms with Gasteiger partial charge in [0.15, 0.2) is 11.5 Å². The number of aryl methyl sites for hydroxylation is 1. The molecule has 0 saturated heterocycles. The van der Waals surface area contributed by atoms with Gasteiger partial charge in [-0.1, -0.05) is 18.2 Å². The van der Waals surface area contributed by atoms with E-state index in [2.05, 4.69) is 47.4 Å². The summed E-state index contributed by atoms with van der Waals surface area (Å²) in [6, 6.07) is 14.5. The monoisotopic (exact) mass is 332 g/mol. The molecule has 25 heavy (non-hydrogen) atoms. The number of fused-ring (bicyclic) bond motifs is 2. The van der Waals surface area contributed by atoms with Crippen molar-refractivity contribution in [3.8, 4) is 11.5 Å². The molecule has 1 aliphatic heterocycles. The second-order valence-electron chi connectivity index (χ2n) is 6.39. The van der Waals surface area contributed by atoms with E-state index in [0.717, 1.165) is 39.2 Å². The Morgan fingerprint density at radius 1 is 0.960 bits per heavy atom. The zero-order valence-electron chi connectivity index (χ0n) is 14.6. The summed E-state index contributed by atoms with van der Waals surface area (Å²) in [5.74, 6) is 1.58. The van der Waals surface area contributed by atoms with Gasteiger partial charge in [0.1, 0.15) is 0 Å². The predicted molar refractivity (Wildman–Crippen MR) is 102 cm³/mol. The summed E-state index contributed by atoms with van der Waals surface area (Å²) in [7, 11) is 4.08. The van der Waals surface area contributed by atoms with Crippen LogP contribution in [0.25, 0.3) is 22.9 Å². The molecule has 4 heteroatoms. The van der Waals surface area contributed by atoms with Crippen molar-refractivity contribution in [1.82, 2.24) is 4.98 Å². The zero-order valence-corrected chi connectivity index (χ0v) is 14.6. The van der Waals surface area contributed by atoms with Crippen LogP contribution in [0.3, 0.4) is 0 Å². The average molecular weight is 332 g/mol. The van der Waals surface area contributed by atoms with Crippen molar-refractivity contribution in [3.63, 3.8) is 0 Å². The lowest BCUT2D eigenvalue weighted by molar-refractivity contribution is 0.174. The SMILES string of the molecule is Cc1cc2cc3c(cc2c(/C=C/c2ccc(N(C)C)cc2)n1)OCO3. The first kappa shape index (κ1) is 15.5. The van der Waals surface area contributed by atoms with E-state index in [1.807, 2.05) is 33.2 Å². The molecule has 2 aromatic carbocycles. The maximum Gasteiger partial charge on any atom is 0.231 e. The van der Waals surface area contributed by atoms with E-state index in [4.69, 9.17) is 14.5 Å². The van der Waals surface area contributed by atoms with E-state index < -0.39 is 0 Å². The van der Waals surface area contributed by atoms with Crippen LogP contribution in [0.2, 0.25) is 0 Å². The van der Waals surface area contributed by atoms with Gasteiger partial charge in [0.25, 0.3) is 0 Å². The molecule has 0 fully saturated rings. The molecule has 0 N–H and O–H groups in total. The van der Waals surface area contributed by atoms with Crippen molar-refractivity contribution < 1.29 is 9.47 Å². The lowest BCUT2D eigenvalue weighted by Crippen LogP contribution is -2.07. The van der Waals surface area contributed by atoms with E-state index in [1.165, 1.54) is 5.69 Å². The van der Waals surface area contributed by atoms with Gasteiger partial charge in [-0.3, -0.25) is 4.98 Å². The highest BCUT2D eigenvalue weighted by Crippen LogP contribution is 2.37. The standard InChI is InChI=1S/C21H20N2O2/c1-14-10-16-11-20-21(25-13-24-20)12-18(16)19(22-14)9-6-15-4-7-17(8-5-15)23(2)3/h4-12H,13H2,1-3H3/b9-6+. The van der Waals surface area contributed by atoms with Gasteiger partial charge in [-0.25, -0.2) is 0 Å². The van der Waals surface area contributed by atoms with E-state index in [0.29, 0.717) is 0 Å². The van der Waals surface area contributed by atoms with Crippen molar-refractivity contribution in [3.05, 3.63) is 59.4 Å². The number of pyridine rings is 1. The molecule has 4 nitrogen and oxygen atoms in total. The third-order valence-corrected chi connectivity index (χ3v) is 4.33. The fraction of sp³-hybridized carbons (Fsp3) is 0.190. The first-order valence-electron chi connectivity index (χ1n) is 8.26. The largest absolute Gasteiger partial charge is 0.454 e. The van der Waals surface area contributed by atoms with Crippen LogP contribution in [0.15, 0.2) is 42.5 Å². The Hall–Kier alpha value is -3.01. The van der Waals surface area contributed by atoms with Crippen molar-refractivity contribution in [2.75, 3.05) is 25.8 Å². The average Bonchev–Trinajstić information content (AvgIpc) is 3.05. The molecule has 2 heterocycles. The van der Waals surface area contributed by atoms with Gasteiger partial charge in [-0.15, -0.1) is 0 Å². The molecular formula is C21H20N2O2. The fourth-order valence-corrected chi connectivity index (χ4v) is 2.99. The summed E-state index contributed by atoms with van der Waals surface area (Å²) in [5.41, 5.74) is 4.24. The lowest BCUT2D eigenvalue weighted by Gasteiger charge is -2.11. The van der Waals surface area contributed by atoms with Gasteiger partial charge in [0, 0.05) is 30.9 Å². The highest BCUT2D eigenvalue weighted by atomic mass is 16.7. The second-order valence-corrected chi connectivity index (χ2v) is 6.39. The molecule has 0 saturated carbocycles. The molecule has 1 aliphatic rings. The van der Waals surface area contributed by atoms with Gasteiger partial charge in [0.05, 0.1) is 5.69 Å². The Labute approximate surface area is 147 Å². The number of aromatic nitrogens is 1. The summed E-state index contributed by atoms with van der Waals surface area (Å²) >= 11 is 0. The van der Waals surface area contributed by atoms with Gasteiger partial charge in [-0.2, -0.15) is 0 Å². The molecule has 0 aliphatic carbocycles. The topological polar surface area (TPSA) is 34.6 Å². The second kappa shape index (κ2) is 6.13. The van der Waals surface area contributed by atoms with Crippen molar-refractivity contribution in [1.29, 1.82) is 0 Å². The van der Waals surface area contributed by atoms with Gasteiger partial charge in [-0.05, 0) is 54.3 Å². The Morgan fingerprint density at radius 3 is 2.40 bits per heavy atom. The van der Waals surface area contributed by atoms with Gasteiger partial charge >= 0.3 is 0 Å². The third kappa shape index (κ3) is 3.03. The lowest BCUT2D eigenvalue weighted by atomic mass is 10.1. The third-order valence-electron chi connectivity index (χ3n) is 4.33. The molecule has 1 aromatic heterocycles. The number of rotatable bonds is 3. The molecule has 0 bridgehead atoms. The highest BCUT2D eigenvalue weighted by Gasteiger charge is 2.15. The van der Waals surface area contributed by atoms with Gasteiger partial charge < -0.3 is 14.4 Å².